The van der Waals surface area contributed by atoms with Crippen molar-refractivity contribution >= 4 is 0 Å². The molecule has 1 unspecified atom stereocenters. The second-order valence-electron chi connectivity index (χ2n) is 6.93. The van der Waals surface area contributed by atoms with E-state index in [1.807, 2.05) is 0 Å². The average molecular weight is 266 g/mol. The highest BCUT2D eigenvalue weighted by molar-refractivity contribution is 4.99. The van der Waals surface area contributed by atoms with Gasteiger partial charge in [0.1, 0.15) is 0 Å². The number of hydrogen-bond donors (Lipinski definition) is 1. The first-order valence-corrected chi connectivity index (χ1v) is 8.75. The quantitative estimate of drug-likeness (QED) is 0.732. The first-order chi connectivity index (χ1) is 9.27. The van der Waals surface area contributed by atoms with Gasteiger partial charge >= 0.3 is 0 Å². The third-order valence-electron chi connectivity index (χ3n) is 5.26. The molecule has 0 aromatic carbocycles. The van der Waals surface area contributed by atoms with Crippen LogP contribution in [0.3, 0.4) is 0 Å². The van der Waals surface area contributed by atoms with E-state index in [2.05, 4.69) is 24.1 Å². The maximum absolute atomic E-state index is 3.74. The third kappa shape index (κ3) is 4.19. The van der Waals surface area contributed by atoms with Crippen LogP contribution in [0.1, 0.15) is 78.1 Å². The molecule has 0 aromatic heterocycles. The molecular formula is C17H34N2. The summed E-state index contributed by atoms with van der Waals surface area (Å²) in [6.45, 7) is 8.50. The van der Waals surface area contributed by atoms with Crippen molar-refractivity contribution in [2.45, 2.75) is 89.6 Å². The van der Waals surface area contributed by atoms with Gasteiger partial charge in [-0.05, 0) is 32.7 Å². The Kier molecular flexibility index (Phi) is 6.15. The molecule has 1 atom stereocenters. The Morgan fingerprint density at radius 1 is 1.05 bits per heavy atom. The molecule has 1 heterocycles. The molecule has 0 radical (unpaired) electrons. The van der Waals surface area contributed by atoms with Gasteiger partial charge in [0.15, 0.2) is 0 Å². The number of piperazine rings is 1. The minimum Gasteiger partial charge on any atom is -0.311 e. The van der Waals surface area contributed by atoms with Gasteiger partial charge in [-0.2, -0.15) is 0 Å². The number of nitrogens with zero attached hydrogens (tertiary/aromatic N) is 1. The van der Waals surface area contributed by atoms with Crippen molar-refractivity contribution in [1.82, 2.24) is 10.2 Å². The van der Waals surface area contributed by atoms with Crippen molar-refractivity contribution in [3.8, 4) is 0 Å². The molecule has 1 N–H and O–H groups in total. The van der Waals surface area contributed by atoms with Crippen molar-refractivity contribution < 1.29 is 0 Å². The minimum absolute atomic E-state index is 0.523. The molecule has 112 valence electrons. The lowest BCUT2D eigenvalue weighted by molar-refractivity contribution is 0.0116. The molecule has 19 heavy (non-hydrogen) atoms. The predicted octanol–water partition coefficient (Wildman–Crippen LogP) is 3.95. The zero-order valence-electron chi connectivity index (χ0n) is 13.2. The minimum atomic E-state index is 0.523. The van der Waals surface area contributed by atoms with Crippen molar-refractivity contribution in [3.05, 3.63) is 0 Å². The first-order valence-electron chi connectivity index (χ1n) is 8.75. The molecule has 1 aliphatic carbocycles. The molecule has 2 nitrogen and oxygen atoms in total. The number of rotatable bonds is 6. The summed E-state index contributed by atoms with van der Waals surface area (Å²) in [4.78, 5) is 2.86. The van der Waals surface area contributed by atoms with Crippen molar-refractivity contribution in [3.63, 3.8) is 0 Å². The van der Waals surface area contributed by atoms with Gasteiger partial charge in [0.05, 0.1) is 0 Å². The summed E-state index contributed by atoms with van der Waals surface area (Å²) < 4.78 is 0. The maximum Gasteiger partial charge on any atom is 0.0334 e. The van der Waals surface area contributed by atoms with E-state index in [1.165, 1.54) is 83.8 Å². The zero-order valence-corrected chi connectivity index (χ0v) is 13.2. The lowest BCUT2D eigenvalue weighted by Crippen LogP contribution is -2.64. The van der Waals surface area contributed by atoms with E-state index in [0.29, 0.717) is 11.6 Å². The molecule has 1 aliphatic heterocycles. The van der Waals surface area contributed by atoms with Crippen LogP contribution in [-0.2, 0) is 0 Å². The second kappa shape index (κ2) is 7.64. The van der Waals surface area contributed by atoms with Crippen molar-refractivity contribution in [2.75, 3.05) is 19.6 Å². The summed E-state index contributed by atoms with van der Waals surface area (Å²) in [7, 11) is 0. The normalized spacial score (nSPS) is 27.8. The van der Waals surface area contributed by atoms with Crippen LogP contribution in [0.15, 0.2) is 0 Å². The predicted molar refractivity (Wildman–Crippen MR) is 83.6 cm³/mol. The van der Waals surface area contributed by atoms with E-state index in [-0.39, 0.29) is 0 Å². The average Bonchev–Trinajstić information content (AvgIpc) is 2.44. The van der Waals surface area contributed by atoms with Crippen LogP contribution >= 0.6 is 0 Å². The van der Waals surface area contributed by atoms with Crippen LogP contribution in [0.25, 0.3) is 0 Å². The lowest BCUT2D eigenvalue weighted by atomic mass is 9.78. The van der Waals surface area contributed by atoms with Gasteiger partial charge in [0.25, 0.3) is 0 Å². The topological polar surface area (TPSA) is 15.3 Å². The number of hydrogen-bond acceptors (Lipinski definition) is 2. The van der Waals surface area contributed by atoms with Crippen LogP contribution in [-0.4, -0.2) is 36.1 Å². The summed E-state index contributed by atoms with van der Waals surface area (Å²) in [6.07, 6.45) is 14.3. The molecule has 1 saturated heterocycles. The zero-order chi connectivity index (χ0) is 13.6. The molecule has 1 saturated carbocycles. The van der Waals surface area contributed by atoms with Gasteiger partial charge in [-0.3, -0.25) is 4.90 Å². The van der Waals surface area contributed by atoms with Crippen LogP contribution in [0.5, 0.6) is 0 Å². The third-order valence-corrected chi connectivity index (χ3v) is 5.26. The standard InChI is InChI=1S/C17H34N2/c1-3-4-5-6-10-13-19-14-16(2)18-15-17(19)11-8-7-9-12-17/h16,18H,3-15H2,1-2H3. The van der Waals surface area contributed by atoms with Crippen LogP contribution < -0.4 is 5.32 Å². The van der Waals surface area contributed by atoms with E-state index in [0.717, 1.165) is 0 Å². The van der Waals surface area contributed by atoms with Gasteiger partial charge in [0.2, 0.25) is 0 Å². The van der Waals surface area contributed by atoms with Crippen LogP contribution in [0, 0.1) is 0 Å². The molecular weight excluding hydrogens is 232 g/mol. The van der Waals surface area contributed by atoms with Crippen molar-refractivity contribution in [2.24, 2.45) is 0 Å². The highest BCUT2D eigenvalue weighted by Gasteiger charge is 2.40. The van der Waals surface area contributed by atoms with E-state index in [9.17, 15) is 0 Å². The second-order valence-corrected chi connectivity index (χ2v) is 6.93. The summed E-state index contributed by atoms with van der Waals surface area (Å²) >= 11 is 0. The maximum atomic E-state index is 3.74. The monoisotopic (exact) mass is 266 g/mol. The summed E-state index contributed by atoms with van der Waals surface area (Å²) in [5.74, 6) is 0. The van der Waals surface area contributed by atoms with Gasteiger partial charge in [-0.15, -0.1) is 0 Å². The lowest BCUT2D eigenvalue weighted by Gasteiger charge is -2.52. The van der Waals surface area contributed by atoms with Gasteiger partial charge in [-0.1, -0.05) is 51.9 Å². The van der Waals surface area contributed by atoms with E-state index in [4.69, 9.17) is 0 Å². The molecule has 2 rings (SSSR count). The Bertz CT molecular complexity index is 246. The summed E-state index contributed by atoms with van der Waals surface area (Å²) in [5.41, 5.74) is 0.523. The molecule has 0 bridgehead atoms. The highest BCUT2D eigenvalue weighted by Crippen LogP contribution is 2.35. The smallest absolute Gasteiger partial charge is 0.0334 e. The van der Waals surface area contributed by atoms with Gasteiger partial charge in [0, 0.05) is 24.7 Å². The van der Waals surface area contributed by atoms with Crippen LogP contribution in [0.4, 0.5) is 0 Å². The van der Waals surface area contributed by atoms with E-state index >= 15 is 0 Å². The molecule has 2 heteroatoms. The number of nitrogens with one attached hydrogen (secondary N) is 1. The van der Waals surface area contributed by atoms with Crippen LogP contribution in [0.2, 0.25) is 0 Å². The van der Waals surface area contributed by atoms with Gasteiger partial charge < -0.3 is 5.32 Å². The summed E-state index contributed by atoms with van der Waals surface area (Å²) in [6, 6.07) is 0.684. The fraction of sp³-hybridized carbons (Fsp3) is 1.00. The molecule has 0 amide bonds. The van der Waals surface area contributed by atoms with E-state index < -0.39 is 0 Å². The van der Waals surface area contributed by atoms with Gasteiger partial charge in [-0.25, -0.2) is 0 Å². The Balaban J connectivity index is 1.82. The Labute approximate surface area is 120 Å². The molecule has 2 fully saturated rings. The Hall–Kier alpha value is -0.0800. The SMILES string of the molecule is CCCCCCCN1CC(C)NCC12CCCCC2. The molecule has 2 aliphatic rings. The largest absolute Gasteiger partial charge is 0.311 e. The Morgan fingerprint density at radius 2 is 1.79 bits per heavy atom. The first kappa shape index (κ1) is 15.3. The Morgan fingerprint density at radius 3 is 2.53 bits per heavy atom. The highest BCUT2D eigenvalue weighted by atomic mass is 15.3. The number of unbranched alkanes of at least 4 members (excludes halogenated alkanes) is 4. The molecule has 0 aromatic rings. The fourth-order valence-electron chi connectivity index (χ4n) is 4.00. The molecule has 1 spiro atoms. The fourth-order valence-corrected chi connectivity index (χ4v) is 4.00. The summed E-state index contributed by atoms with van der Waals surface area (Å²) in [5, 5.41) is 3.74. The van der Waals surface area contributed by atoms with Crippen molar-refractivity contribution in [1.29, 1.82) is 0 Å². The van der Waals surface area contributed by atoms with E-state index in [1.54, 1.807) is 0 Å².